The van der Waals surface area contributed by atoms with Gasteiger partial charge in [-0.15, -0.1) is 4.73 Å². The molecule has 3 heterocycles. The van der Waals surface area contributed by atoms with Gasteiger partial charge in [-0.05, 0) is 87.9 Å². The minimum absolute atomic E-state index is 0.00181. The summed E-state index contributed by atoms with van der Waals surface area (Å²) in [6, 6.07) is 11.4. The van der Waals surface area contributed by atoms with Crippen LogP contribution >= 0.6 is 0 Å². The normalized spacial score (nSPS) is 19.8. The van der Waals surface area contributed by atoms with Crippen molar-refractivity contribution in [3.63, 3.8) is 0 Å². The molecule has 0 bridgehead atoms. The van der Waals surface area contributed by atoms with E-state index in [2.05, 4.69) is 4.90 Å². The molecule has 0 spiro atoms. The fraction of sp³-hybridized carbons (Fsp3) is 0.463. The smallest absolute Gasteiger partial charge is 0.333 e. The Hall–Kier alpha value is -4.61. The fourth-order valence-corrected chi connectivity index (χ4v) is 9.87. The Morgan fingerprint density at radius 2 is 1.45 bits per heavy atom. The number of ether oxygens (including phenoxy) is 2. The van der Waals surface area contributed by atoms with Crippen LogP contribution in [0.1, 0.15) is 69.9 Å². The summed E-state index contributed by atoms with van der Waals surface area (Å²) in [5, 5.41) is 19.6. The number of aromatic hydroxyl groups is 2. The predicted molar refractivity (Wildman–Crippen MR) is 228 cm³/mol. The molecule has 3 aromatic rings. The Morgan fingerprint density at radius 3 is 2.08 bits per heavy atom. The highest BCUT2D eigenvalue weighted by atomic mass is 32.2. The minimum atomic E-state index is -4.61. The minimum Gasteiger partial charge on any atom is -0.492 e. The number of fused-ring (bicyclic) bond motifs is 2. The average Bonchev–Trinajstić information content (AvgIpc) is 3.74. The summed E-state index contributed by atoms with van der Waals surface area (Å²) >= 11 is 0. The van der Waals surface area contributed by atoms with Gasteiger partial charge < -0.3 is 29.4 Å². The molecule has 4 N–H and O–H groups in total. The van der Waals surface area contributed by atoms with Crippen molar-refractivity contribution in [1.29, 1.82) is 0 Å². The van der Waals surface area contributed by atoms with E-state index in [-0.39, 0.29) is 35.7 Å². The van der Waals surface area contributed by atoms with Crippen LogP contribution in [0.15, 0.2) is 82.2 Å². The predicted octanol–water partition coefficient (Wildman–Crippen LogP) is 4.62. The van der Waals surface area contributed by atoms with Crippen LogP contribution in [0.2, 0.25) is 0 Å². The van der Waals surface area contributed by atoms with E-state index in [1.165, 1.54) is 37.4 Å². The number of benzene rings is 2. The lowest BCUT2D eigenvalue weighted by molar-refractivity contribution is -0.441. The lowest BCUT2D eigenvalue weighted by atomic mass is 9.75. The van der Waals surface area contributed by atoms with Gasteiger partial charge in [0.1, 0.15) is 6.61 Å². The maximum absolute atomic E-state index is 12.9. The number of rotatable bonds is 22. The van der Waals surface area contributed by atoms with Gasteiger partial charge in [-0.3, -0.25) is 13.3 Å². The molecule has 62 heavy (non-hydrogen) atoms. The quantitative estimate of drug-likeness (QED) is 0.0465. The Morgan fingerprint density at radius 1 is 0.790 bits per heavy atom. The SMILES string of the molecule is COCC[N+]1=C(C=CC=C2N(CCCCCC(=O)On3c(O)ccc3O)c3ccc(S(=O)(=O)OC)cc3C2(C)CCOC)C(C)(CCCS(=O)(=O)O)c2cc(S(=O)(=O)O)ccc21. The number of carbonyl (C=O) groups excluding carboxylic acids is 1. The molecule has 0 fully saturated rings. The molecule has 2 aliphatic heterocycles. The van der Waals surface area contributed by atoms with Crippen molar-refractivity contribution < 1.29 is 72.4 Å². The molecule has 0 amide bonds. The number of anilines is 1. The van der Waals surface area contributed by atoms with Gasteiger partial charge in [0.25, 0.3) is 30.4 Å². The number of unbranched alkanes of at least 4 members (excludes halogenated alkanes) is 2. The van der Waals surface area contributed by atoms with Crippen LogP contribution in [-0.4, -0.2) is 119 Å². The van der Waals surface area contributed by atoms with Crippen molar-refractivity contribution in [3.05, 3.63) is 83.6 Å². The largest absolute Gasteiger partial charge is 0.492 e. The number of carbonyl (C=O) groups is 1. The summed E-state index contributed by atoms with van der Waals surface area (Å²) in [4.78, 5) is 19.3. The third kappa shape index (κ3) is 10.6. The first kappa shape index (κ1) is 48.4. The summed E-state index contributed by atoms with van der Waals surface area (Å²) in [5.41, 5.74) is 2.19. The fourth-order valence-electron chi connectivity index (χ4n) is 8.17. The van der Waals surface area contributed by atoms with Crippen LogP contribution in [0, 0.1) is 0 Å². The molecule has 0 aliphatic carbocycles. The van der Waals surface area contributed by atoms with Crippen LogP contribution in [0.5, 0.6) is 11.8 Å². The Labute approximate surface area is 362 Å². The van der Waals surface area contributed by atoms with E-state index >= 15 is 0 Å². The zero-order valence-electron chi connectivity index (χ0n) is 35.2. The second-order valence-corrected chi connectivity index (χ2v) is 20.2. The highest BCUT2D eigenvalue weighted by Crippen LogP contribution is 2.51. The van der Waals surface area contributed by atoms with Crippen molar-refractivity contribution in [2.24, 2.45) is 0 Å². The first-order valence-corrected chi connectivity index (χ1v) is 24.2. The van der Waals surface area contributed by atoms with Crippen molar-refractivity contribution >= 4 is 53.4 Å². The Bertz CT molecular complexity index is 2570. The number of nitrogens with zero attached hydrogens (tertiary/aromatic N) is 3. The maximum Gasteiger partial charge on any atom is 0.333 e. The molecular formula is C41H54N3O15S3+. The monoisotopic (exact) mass is 924 g/mol. The molecule has 18 nitrogen and oxygen atoms in total. The number of methoxy groups -OCH3 is 2. The highest BCUT2D eigenvalue weighted by molar-refractivity contribution is 7.86. The van der Waals surface area contributed by atoms with Gasteiger partial charge in [0.05, 0.1) is 28.1 Å². The van der Waals surface area contributed by atoms with E-state index in [1.807, 2.05) is 36.7 Å². The van der Waals surface area contributed by atoms with E-state index < -0.39 is 64.7 Å². The van der Waals surface area contributed by atoms with Crippen LogP contribution in [0.3, 0.4) is 0 Å². The van der Waals surface area contributed by atoms with Gasteiger partial charge in [-0.1, -0.05) is 12.5 Å². The van der Waals surface area contributed by atoms with E-state index in [4.69, 9.17) is 18.5 Å². The summed E-state index contributed by atoms with van der Waals surface area (Å²) in [6.07, 6.45) is 7.73. The number of hydrogen-bond acceptors (Lipinski definition) is 14. The third-order valence-electron chi connectivity index (χ3n) is 11.4. The number of allylic oxidation sites excluding steroid dienone is 4. The van der Waals surface area contributed by atoms with Crippen LogP contribution in [-0.2, 0) is 59.6 Å². The molecular weight excluding hydrogens is 871 g/mol. The van der Waals surface area contributed by atoms with Crippen LogP contribution in [0.4, 0.5) is 11.4 Å². The number of hydrogen-bond donors (Lipinski definition) is 4. The summed E-state index contributed by atoms with van der Waals surface area (Å²) < 4.78 is 112. The topological polar surface area (TPSA) is 249 Å². The Kier molecular flexibility index (Phi) is 15.2. The zero-order valence-corrected chi connectivity index (χ0v) is 37.6. The summed E-state index contributed by atoms with van der Waals surface area (Å²) in [6.45, 7) is 5.14. The zero-order chi connectivity index (χ0) is 45.7. The first-order valence-electron chi connectivity index (χ1n) is 19.7. The van der Waals surface area contributed by atoms with E-state index in [9.17, 15) is 49.4 Å². The molecule has 0 saturated carbocycles. The van der Waals surface area contributed by atoms with Gasteiger partial charge in [0, 0.05) is 80.4 Å². The molecule has 1 aromatic heterocycles. The van der Waals surface area contributed by atoms with Gasteiger partial charge in [-0.25, -0.2) is 4.79 Å². The first-order chi connectivity index (χ1) is 29.1. The van der Waals surface area contributed by atoms with E-state index in [0.717, 1.165) is 18.5 Å². The van der Waals surface area contributed by atoms with Gasteiger partial charge >= 0.3 is 5.97 Å². The summed E-state index contributed by atoms with van der Waals surface area (Å²) in [5.74, 6) is -2.06. The Balaban J connectivity index is 1.56. The highest BCUT2D eigenvalue weighted by Gasteiger charge is 2.48. The lowest BCUT2D eigenvalue weighted by Crippen LogP contribution is -2.33. The average molecular weight is 925 g/mol. The molecule has 21 heteroatoms. The van der Waals surface area contributed by atoms with Gasteiger partial charge in [-0.2, -0.15) is 29.8 Å². The van der Waals surface area contributed by atoms with E-state index in [1.54, 1.807) is 25.3 Å². The van der Waals surface area contributed by atoms with Crippen LogP contribution < -0.4 is 9.74 Å². The number of aromatic nitrogens is 1. The van der Waals surface area contributed by atoms with Crippen LogP contribution in [0.25, 0.3) is 0 Å². The van der Waals surface area contributed by atoms with Gasteiger partial charge in [0.2, 0.25) is 17.4 Å². The van der Waals surface area contributed by atoms with Crippen molar-refractivity contribution in [1.82, 2.24) is 4.73 Å². The van der Waals surface area contributed by atoms with E-state index in [0.29, 0.717) is 72.6 Å². The molecule has 2 aliphatic rings. The molecule has 5 rings (SSSR count). The van der Waals surface area contributed by atoms with Gasteiger partial charge in [0.15, 0.2) is 12.3 Å². The van der Waals surface area contributed by atoms with Crippen molar-refractivity contribution in [3.8, 4) is 11.8 Å². The second-order valence-electron chi connectivity index (χ2n) is 15.5. The standard InChI is InChI=1S/C41H53N3O15S3/c1-40(20-10-26-60(48,49)50)31-27-29(61(51,52)53)14-16-34(31)43(23-25-57-4)35(40)11-9-12-36-41(2,21-24-56-3)32-28-30(62(54,55)58-5)15-17-33(32)42(36)22-8-6-7-13-39(47)59-44-37(45)18-19-38(44)46/h9,11-12,14-19,27-28H,6-8,10,13,20-26H2,1-5H3,(H3-,45,46,48,49,50,51,52,53)/p+1. The molecule has 2 aromatic carbocycles. The molecule has 0 saturated heterocycles. The van der Waals surface area contributed by atoms with Crippen molar-refractivity contribution in [2.45, 2.75) is 79.4 Å². The molecule has 2 unspecified atom stereocenters. The third-order valence-corrected chi connectivity index (χ3v) is 14.3. The lowest BCUT2D eigenvalue weighted by Gasteiger charge is -2.30. The molecule has 340 valence electrons. The van der Waals surface area contributed by atoms with Crippen molar-refractivity contribution in [2.75, 3.05) is 58.3 Å². The molecule has 0 radical (unpaired) electrons. The second kappa shape index (κ2) is 19.4. The summed E-state index contributed by atoms with van der Waals surface area (Å²) in [7, 11) is -8.84. The molecule has 2 atom stereocenters. The maximum atomic E-state index is 12.9.